The molecule has 2 nitrogen and oxygen atoms in total. The summed E-state index contributed by atoms with van der Waals surface area (Å²) in [4.78, 5) is 0. The Bertz CT molecular complexity index is 369. The second-order valence-corrected chi connectivity index (χ2v) is 5.01. The topological polar surface area (TPSA) is 35.2 Å². The van der Waals surface area contributed by atoms with Crippen molar-refractivity contribution in [3.05, 3.63) is 28.8 Å². The summed E-state index contributed by atoms with van der Waals surface area (Å²) in [5.41, 5.74) is 10.0. The summed E-state index contributed by atoms with van der Waals surface area (Å²) < 4.78 is 5.39. The molecule has 0 aliphatic heterocycles. The van der Waals surface area contributed by atoms with E-state index in [1.54, 1.807) is 7.11 Å². The lowest BCUT2D eigenvalue weighted by Crippen LogP contribution is -2.33. The molecule has 0 unspecified atom stereocenters. The van der Waals surface area contributed by atoms with E-state index in [-0.39, 0.29) is 5.54 Å². The molecule has 0 radical (unpaired) electrons. The Morgan fingerprint density at radius 3 is 2.06 bits per heavy atom. The lowest BCUT2D eigenvalue weighted by atomic mass is 9.87. The van der Waals surface area contributed by atoms with Gasteiger partial charge in [-0.3, -0.25) is 0 Å². The Morgan fingerprint density at radius 1 is 1.12 bits per heavy atom. The van der Waals surface area contributed by atoms with Gasteiger partial charge in [0.15, 0.2) is 0 Å². The molecule has 2 heteroatoms. The number of aryl methyl sites for hydroxylation is 2. The largest absolute Gasteiger partial charge is 0.496 e. The smallest absolute Gasteiger partial charge is 0.124 e. The Balaban J connectivity index is 2.43. The van der Waals surface area contributed by atoms with Gasteiger partial charge in [-0.15, -0.1) is 0 Å². The highest BCUT2D eigenvalue weighted by atomic mass is 16.5. The fourth-order valence-corrected chi connectivity index (χ4v) is 2.85. The van der Waals surface area contributed by atoms with Crippen LogP contribution < -0.4 is 10.5 Å². The average molecular weight is 219 g/mol. The summed E-state index contributed by atoms with van der Waals surface area (Å²) in [5, 5.41) is 0. The van der Waals surface area contributed by atoms with Gasteiger partial charge < -0.3 is 10.5 Å². The van der Waals surface area contributed by atoms with Crippen LogP contribution in [0.2, 0.25) is 0 Å². The van der Waals surface area contributed by atoms with Crippen LogP contribution in [-0.4, -0.2) is 7.11 Å². The van der Waals surface area contributed by atoms with Crippen molar-refractivity contribution in [2.24, 2.45) is 5.73 Å². The van der Waals surface area contributed by atoms with E-state index < -0.39 is 0 Å². The molecule has 0 heterocycles. The zero-order chi connectivity index (χ0) is 11.8. The van der Waals surface area contributed by atoms with Crippen molar-refractivity contribution in [3.8, 4) is 5.75 Å². The summed E-state index contributed by atoms with van der Waals surface area (Å²) in [6, 6.07) is 4.38. The van der Waals surface area contributed by atoms with Gasteiger partial charge in [0.25, 0.3) is 0 Å². The Morgan fingerprint density at radius 2 is 1.62 bits per heavy atom. The number of rotatable bonds is 2. The maximum atomic E-state index is 6.47. The Kier molecular flexibility index (Phi) is 2.94. The maximum Gasteiger partial charge on any atom is 0.124 e. The van der Waals surface area contributed by atoms with Crippen molar-refractivity contribution in [3.63, 3.8) is 0 Å². The first kappa shape index (κ1) is 11.5. The predicted molar refractivity (Wildman–Crippen MR) is 66.8 cm³/mol. The van der Waals surface area contributed by atoms with Gasteiger partial charge >= 0.3 is 0 Å². The third kappa shape index (κ3) is 1.82. The van der Waals surface area contributed by atoms with Crippen LogP contribution in [0.4, 0.5) is 0 Å². The van der Waals surface area contributed by atoms with Crippen LogP contribution in [0.15, 0.2) is 12.1 Å². The van der Waals surface area contributed by atoms with E-state index in [9.17, 15) is 0 Å². The van der Waals surface area contributed by atoms with Gasteiger partial charge in [-0.2, -0.15) is 0 Å². The molecule has 0 saturated heterocycles. The molecule has 1 saturated carbocycles. The van der Waals surface area contributed by atoms with Crippen molar-refractivity contribution in [2.75, 3.05) is 7.11 Å². The van der Waals surface area contributed by atoms with E-state index in [2.05, 4.69) is 26.0 Å². The molecule has 0 aromatic heterocycles. The van der Waals surface area contributed by atoms with E-state index in [0.717, 1.165) is 18.6 Å². The second kappa shape index (κ2) is 4.10. The zero-order valence-corrected chi connectivity index (χ0v) is 10.5. The summed E-state index contributed by atoms with van der Waals surface area (Å²) in [6.45, 7) is 4.18. The standard InChI is InChI=1S/C14H21NO/c1-10-8-12(9-11(2)13(10)16-3)14(15)6-4-5-7-14/h8-9H,4-7,15H2,1-3H3. The van der Waals surface area contributed by atoms with E-state index in [1.807, 2.05) is 0 Å². The van der Waals surface area contributed by atoms with Gasteiger partial charge in [0.1, 0.15) is 5.75 Å². The molecule has 0 bridgehead atoms. The number of hydrogen-bond acceptors (Lipinski definition) is 2. The molecule has 1 aromatic carbocycles. The number of nitrogens with two attached hydrogens (primary N) is 1. The monoisotopic (exact) mass is 219 g/mol. The van der Waals surface area contributed by atoms with Gasteiger partial charge in [0, 0.05) is 5.54 Å². The van der Waals surface area contributed by atoms with Crippen LogP contribution in [0.5, 0.6) is 5.75 Å². The van der Waals surface area contributed by atoms with Crippen molar-refractivity contribution < 1.29 is 4.74 Å². The molecule has 1 aliphatic rings. The zero-order valence-electron chi connectivity index (χ0n) is 10.5. The highest BCUT2D eigenvalue weighted by molar-refractivity contribution is 5.45. The minimum absolute atomic E-state index is 0.0954. The molecule has 2 rings (SSSR count). The molecule has 88 valence electrons. The first-order valence-corrected chi connectivity index (χ1v) is 6.01. The lowest BCUT2D eigenvalue weighted by molar-refractivity contribution is 0.406. The van der Waals surface area contributed by atoms with Crippen LogP contribution in [0.25, 0.3) is 0 Å². The molecule has 1 aromatic rings. The van der Waals surface area contributed by atoms with Gasteiger partial charge in [-0.05, 0) is 43.4 Å². The van der Waals surface area contributed by atoms with Crippen LogP contribution in [-0.2, 0) is 5.54 Å². The van der Waals surface area contributed by atoms with Gasteiger partial charge in [0.05, 0.1) is 7.11 Å². The lowest BCUT2D eigenvalue weighted by Gasteiger charge is -2.26. The molecule has 0 spiro atoms. The number of ether oxygens (including phenoxy) is 1. The molecule has 0 atom stereocenters. The van der Waals surface area contributed by atoms with E-state index in [0.29, 0.717) is 0 Å². The average Bonchev–Trinajstić information content (AvgIpc) is 2.66. The van der Waals surface area contributed by atoms with Crippen molar-refractivity contribution in [2.45, 2.75) is 45.1 Å². The molecule has 16 heavy (non-hydrogen) atoms. The number of hydrogen-bond donors (Lipinski definition) is 1. The van der Waals surface area contributed by atoms with Gasteiger partial charge in [0.2, 0.25) is 0 Å². The molecule has 1 fully saturated rings. The highest BCUT2D eigenvalue weighted by Crippen LogP contribution is 2.38. The van der Waals surface area contributed by atoms with Crippen LogP contribution in [0, 0.1) is 13.8 Å². The van der Waals surface area contributed by atoms with Crippen LogP contribution >= 0.6 is 0 Å². The number of benzene rings is 1. The maximum absolute atomic E-state index is 6.47. The fraction of sp³-hybridized carbons (Fsp3) is 0.571. The normalized spacial score (nSPS) is 18.8. The molecule has 0 amide bonds. The third-order valence-corrected chi connectivity index (χ3v) is 3.74. The molecular formula is C14H21NO. The summed E-state index contributed by atoms with van der Waals surface area (Å²) in [6.07, 6.45) is 4.72. The third-order valence-electron chi connectivity index (χ3n) is 3.74. The minimum atomic E-state index is -0.0954. The quantitative estimate of drug-likeness (QED) is 0.829. The van der Waals surface area contributed by atoms with Crippen molar-refractivity contribution >= 4 is 0 Å². The summed E-state index contributed by atoms with van der Waals surface area (Å²) in [7, 11) is 1.72. The first-order valence-electron chi connectivity index (χ1n) is 6.01. The van der Waals surface area contributed by atoms with E-state index >= 15 is 0 Å². The SMILES string of the molecule is COc1c(C)cc(C2(N)CCCC2)cc1C. The second-order valence-electron chi connectivity index (χ2n) is 5.01. The van der Waals surface area contributed by atoms with Crippen LogP contribution in [0.3, 0.4) is 0 Å². The van der Waals surface area contributed by atoms with Crippen LogP contribution in [0.1, 0.15) is 42.4 Å². The van der Waals surface area contributed by atoms with E-state index in [1.165, 1.54) is 29.5 Å². The predicted octanol–water partition coefficient (Wildman–Crippen LogP) is 3.04. The first-order chi connectivity index (χ1) is 7.57. The molecular weight excluding hydrogens is 198 g/mol. The molecule has 1 aliphatic carbocycles. The molecule has 2 N–H and O–H groups in total. The van der Waals surface area contributed by atoms with Crippen molar-refractivity contribution in [1.82, 2.24) is 0 Å². The van der Waals surface area contributed by atoms with E-state index in [4.69, 9.17) is 10.5 Å². The van der Waals surface area contributed by atoms with Crippen molar-refractivity contribution in [1.29, 1.82) is 0 Å². The summed E-state index contributed by atoms with van der Waals surface area (Å²) in [5.74, 6) is 0.991. The van der Waals surface area contributed by atoms with Gasteiger partial charge in [-0.1, -0.05) is 25.0 Å². The Hall–Kier alpha value is -1.02. The van der Waals surface area contributed by atoms with Gasteiger partial charge in [-0.25, -0.2) is 0 Å². The summed E-state index contributed by atoms with van der Waals surface area (Å²) >= 11 is 0. The fourth-order valence-electron chi connectivity index (χ4n) is 2.85. The number of methoxy groups -OCH3 is 1. The minimum Gasteiger partial charge on any atom is -0.496 e. The highest BCUT2D eigenvalue weighted by Gasteiger charge is 2.31. The Labute approximate surface area is 97.8 Å².